The maximum absolute atomic E-state index is 13.3. The fourth-order valence-electron chi connectivity index (χ4n) is 3.37. The Morgan fingerprint density at radius 1 is 1.24 bits per heavy atom. The largest absolute Gasteiger partial charge is 0.380 e. The Morgan fingerprint density at radius 3 is 2.68 bits per heavy atom. The van der Waals surface area contributed by atoms with Crippen molar-refractivity contribution in [2.75, 3.05) is 13.2 Å². The summed E-state index contributed by atoms with van der Waals surface area (Å²) >= 11 is 0. The summed E-state index contributed by atoms with van der Waals surface area (Å²) in [5, 5.41) is 11.4. The van der Waals surface area contributed by atoms with Crippen LogP contribution in [0.15, 0.2) is 28.8 Å². The summed E-state index contributed by atoms with van der Waals surface area (Å²) in [4.78, 5) is 4.63. The summed E-state index contributed by atoms with van der Waals surface area (Å²) in [5.41, 5.74) is 3.43. The van der Waals surface area contributed by atoms with E-state index in [1.807, 2.05) is 13.8 Å². The molecule has 7 heteroatoms. The first kappa shape index (κ1) is 16.0. The Bertz CT molecular complexity index is 859. The molecule has 0 radical (unpaired) electrons. The van der Waals surface area contributed by atoms with Gasteiger partial charge in [-0.3, -0.25) is 5.10 Å². The smallest absolute Gasteiger partial charge is 0.231 e. The zero-order valence-electron chi connectivity index (χ0n) is 14.2. The van der Waals surface area contributed by atoms with E-state index in [1.165, 1.54) is 12.1 Å². The van der Waals surface area contributed by atoms with E-state index in [1.54, 1.807) is 12.1 Å². The number of rotatable bonds is 4. The number of halogens is 1. The van der Waals surface area contributed by atoms with Gasteiger partial charge in [-0.2, -0.15) is 10.1 Å². The third-order valence-corrected chi connectivity index (χ3v) is 4.92. The van der Waals surface area contributed by atoms with Crippen molar-refractivity contribution in [3.63, 3.8) is 0 Å². The van der Waals surface area contributed by atoms with E-state index in [0.717, 1.165) is 28.9 Å². The molecule has 0 aliphatic carbocycles. The van der Waals surface area contributed by atoms with Gasteiger partial charge < -0.3 is 9.26 Å². The molecule has 3 heterocycles. The third kappa shape index (κ3) is 2.74. The number of nitrogens with zero attached hydrogens (tertiary/aromatic N) is 3. The summed E-state index contributed by atoms with van der Waals surface area (Å²) in [7, 11) is 0. The Balaban J connectivity index is 1.68. The minimum absolute atomic E-state index is 0.266. The van der Waals surface area contributed by atoms with Crippen molar-refractivity contribution in [3.05, 3.63) is 64.3 Å². The summed E-state index contributed by atoms with van der Waals surface area (Å²) in [6.07, 6.45) is 1.27. The van der Waals surface area contributed by atoms with Crippen LogP contribution in [0, 0.1) is 19.7 Å². The van der Waals surface area contributed by atoms with Crippen LogP contribution >= 0.6 is 0 Å². The molecule has 130 valence electrons. The van der Waals surface area contributed by atoms with Crippen molar-refractivity contribution in [1.82, 2.24) is 20.3 Å². The molecule has 1 aliphatic rings. The Kier molecular flexibility index (Phi) is 3.88. The van der Waals surface area contributed by atoms with Gasteiger partial charge in [0.15, 0.2) is 5.82 Å². The average molecular weight is 342 g/mol. The van der Waals surface area contributed by atoms with Crippen molar-refractivity contribution in [1.29, 1.82) is 0 Å². The first-order chi connectivity index (χ1) is 12.1. The number of aromatic amines is 1. The fourth-order valence-corrected chi connectivity index (χ4v) is 3.37. The zero-order valence-corrected chi connectivity index (χ0v) is 14.2. The average Bonchev–Trinajstić information content (AvgIpc) is 3.33. The molecule has 3 aromatic rings. The monoisotopic (exact) mass is 342 g/mol. The zero-order chi connectivity index (χ0) is 17.4. The molecule has 1 atom stereocenters. The predicted octanol–water partition coefficient (Wildman–Crippen LogP) is 2.85. The SMILES string of the molecule is Cc1n[nH]c(C)c1Cc1nc([C@]2(c3ccc(F)cc3)CCOC2)no1. The van der Waals surface area contributed by atoms with Gasteiger partial charge >= 0.3 is 0 Å². The van der Waals surface area contributed by atoms with Crippen molar-refractivity contribution >= 4 is 0 Å². The summed E-state index contributed by atoms with van der Waals surface area (Å²) in [6.45, 7) is 4.99. The first-order valence-corrected chi connectivity index (χ1v) is 8.26. The van der Waals surface area contributed by atoms with Crippen LogP contribution < -0.4 is 0 Å². The van der Waals surface area contributed by atoms with Gasteiger partial charge in [0, 0.05) is 17.9 Å². The molecule has 1 saturated heterocycles. The number of H-pyrrole nitrogens is 1. The van der Waals surface area contributed by atoms with Crippen molar-refractivity contribution in [3.8, 4) is 0 Å². The highest BCUT2D eigenvalue weighted by atomic mass is 19.1. The van der Waals surface area contributed by atoms with Crippen LogP contribution in [0.4, 0.5) is 4.39 Å². The number of aryl methyl sites for hydroxylation is 2. The number of aromatic nitrogens is 4. The maximum atomic E-state index is 13.3. The molecular weight excluding hydrogens is 323 g/mol. The van der Waals surface area contributed by atoms with Crippen LogP contribution in [-0.4, -0.2) is 33.6 Å². The molecule has 6 nitrogen and oxygen atoms in total. The van der Waals surface area contributed by atoms with E-state index in [2.05, 4.69) is 20.3 Å². The summed E-state index contributed by atoms with van der Waals surface area (Å²) < 4.78 is 24.4. The Morgan fingerprint density at radius 2 is 2.04 bits per heavy atom. The molecule has 2 aromatic heterocycles. The highest BCUT2D eigenvalue weighted by Crippen LogP contribution is 2.38. The van der Waals surface area contributed by atoms with E-state index in [9.17, 15) is 4.39 Å². The molecule has 0 bridgehead atoms. The van der Waals surface area contributed by atoms with E-state index < -0.39 is 5.41 Å². The van der Waals surface area contributed by atoms with E-state index >= 15 is 0 Å². The standard InChI is InChI=1S/C18H19FN4O2/c1-11-15(12(2)22-21-11)9-16-20-17(23-25-16)18(7-8-24-10-18)13-3-5-14(19)6-4-13/h3-6H,7-10H2,1-2H3,(H,21,22)/t18-/m1/s1. The molecule has 1 aromatic carbocycles. The second-order valence-corrected chi connectivity index (χ2v) is 6.49. The van der Waals surface area contributed by atoms with Crippen LogP contribution in [0.2, 0.25) is 0 Å². The van der Waals surface area contributed by atoms with Crippen LogP contribution in [0.25, 0.3) is 0 Å². The van der Waals surface area contributed by atoms with E-state index in [-0.39, 0.29) is 5.82 Å². The molecule has 1 N–H and O–H groups in total. The number of ether oxygens (including phenoxy) is 1. The molecule has 1 aliphatic heterocycles. The number of hydrogen-bond donors (Lipinski definition) is 1. The van der Waals surface area contributed by atoms with Crippen LogP contribution in [0.1, 0.15) is 40.7 Å². The van der Waals surface area contributed by atoms with Gasteiger partial charge in [0.1, 0.15) is 5.82 Å². The van der Waals surface area contributed by atoms with E-state index in [0.29, 0.717) is 31.3 Å². The fraction of sp³-hybridized carbons (Fsp3) is 0.389. The van der Waals surface area contributed by atoms with Crippen LogP contribution in [0.3, 0.4) is 0 Å². The number of benzene rings is 1. The third-order valence-electron chi connectivity index (χ3n) is 4.92. The highest BCUT2D eigenvalue weighted by molar-refractivity contribution is 5.35. The molecule has 0 unspecified atom stereocenters. The van der Waals surface area contributed by atoms with Gasteiger partial charge in [-0.25, -0.2) is 4.39 Å². The Labute approximate surface area is 144 Å². The lowest BCUT2D eigenvalue weighted by Crippen LogP contribution is -2.29. The van der Waals surface area contributed by atoms with Gasteiger partial charge in [0.2, 0.25) is 5.89 Å². The van der Waals surface area contributed by atoms with Crippen molar-refractivity contribution in [2.45, 2.75) is 32.1 Å². The molecule has 0 spiro atoms. The normalized spacial score (nSPS) is 20.3. The topological polar surface area (TPSA) is 76.8 Å². The molecule has 1 fully saturated rings. The molecule has 4 rings (SSSR count). The number of hydrogen-bond acceptors (Lipinski definition) is 5. The molecule has 0 amide bonds. The quantitative estimate of drug-likeness (QED) is 0.789. The van der Waals surface area contributed by atoms with Crippen molar-refractivity contribution < 1.29 is 13.7 Å². The second kappa shape index (κ2) is 6.07. The lowest BCUT2D eigenvalue weighted by Gasteiger charge is -2.23. The lowest BCUT2D eigenvalue weighted by molar-refractivity contribution is 0.182. The van der Waals surface area contributed by atoms with Gasteiger partial charge in [0.25, 0.3) is 0 Å². The van der Waals surface area contributed by atoms with Crippen molar-refractivity contribution in [2.24, 2.45) is 0 Å². The molecule has 25 heavy (non-hydrogen) atoms. The number of nitrogens with one attached hydrogen (secondary N) is 1. The molecular formula is C18H19FN4O2. The summed E-state index contributed by atoms with van der Waals surface area (Å²) in [6, 6.07) is 6.44. The van der Waals surface area contributed by atoms with Gasteiger partial charge in [-0.05, 0) is 38.0 Å². The molecule has 0 saturated carbocycles. The summed E-state index contributed by atoms with van der Waals surface area (Å²) in [5.74, 6) is 0.860. The lowest BCUT2D eigenvalue weighted by atomic mass is 9.79. The van der Waals surface area contributed by atoms with E-state index in [4.69, 9.17) is 9.26 Å². The minimum Gasteiger partial charge on any atom is -0.380 e. The van der Waals surface area contributed by atoms with Crippen LogP contribution in [-0.2, 0) is 16.6 Å². The predicted molar refractivity (Wildman–Crippen MR) is 87.8 cm³/mol. The second-order valence-electron chi connectivity index (χ2n) is 6.49. The van der Waals surface area contributed by atoms with Gasteiger partial charge in [-0.15, -0.1) is 0 Å². The van der Waals surface area contributed by atoms with Gasteiger partial charge in [0.05, 0.1) is 24.1 Å². The highest BCUT2D eigenvalue weighted by Gasteiger charge is 2.42. The Hall–Kier alpha value is -2.54. The van der Waals surface area contributed by atoms with Gasteiger partial charge in [-0.1, -0.05) is 17.3 Å². The minimum atomic E-state index is -0.490. The maximum Gasteiger partial charge on any atom is 0.231 e. The first-order valence-electron chi connectivity index (χ1n) is 8.26. The van der Waals surface area contributed by atoms with Crippen LogP contribution in [0.5, 0.6) is 0 Å².